The second kappa shape index (κ2) is 11.9. The van der Waals surface area contributed by atoms with Crippen LogP contribution in [-0.4, -0.2) is 69.0 Å². The number of methoxy groups -OCH3 is 2. The molecule has 0 aliphatic carbocycles. The van der Waals surface area contributed by atoms with Gasteiger partial charge in [0.2, 0.25) is 0 Å². The van der Waals surface area contributed by atoms with Crippen molar-refractivity contribution in [3.8, 4) is 17.2 Å². The van der Waals surface area contributed by atoms with Crippen LogP contribution in [0, 0.1) is 6.92 Å². The van der Waals surface area contributed by atoms with Crippen molar-refractivity contribution in [3.63, 3.8) is 0 Å². The molecule has 0 saturated carbocycles. The molecule has 1 saturated heterocycles. The van der Waals surface area contributed by atoms with Gasteiger partial charge in [0.05, 0.1) is 20.8 Å². The maximum atomic E-state index is 11.6. The summed E-state index contributed by atoms with van der Waals surface area (Å²) >= 11 is 5.62. The van der Waals surface area contributed by atoms with Gasteiger partial charge in [-0.25, -0.2) is 0 Å². The van der Waals surface area contributed by atoms with Gasteiger partial charge in [-0.15, -0.1) is 0 Å². The molecule has 7 nitrogen and oxygen atoms in total. The first-order chi connectivity index (χ1) is 15.9. The predicted octanol–water partition coefficient (Wildman–Crippen LogP) is 3.41. The minimum Gasteiger partial charge on any atom is -0.497 e. The van der Waals surface area contributed by atoms with E-state index in [-0.39, 0.29) is 11.9 Å². The van der Waals surface area contributed by atoms with Crippen molar-refractivity contribution in [2.75, 3.05) is 47.1 Å². The van der Waals surface area contributed by atoms with E-state index in [9.17, 15) is 4.79 Å². The molecule has 1 aliphatic rings. The predicted molar refractivity (Wildman–Crippen MR) is 132 cm³/mol. The standard InChI is InChI=1S/C25H32N2O5S/c1-17-13-21(5-7-23(17)18(2)28)32-16-22-15-27(11-12-31-22)25(33)26-10-9-19-14-20(29-3)6-8-24(19)30-4/h5-8,13-14,22H,9-12,15-16H2,1-4H3,(H,26,33). The summed E-state index contributed by atoms with van der Waals surface area (Å²) in [6.07, 6.45) is 0.664. The normalized spacial score (nSPS) is 15.6. The van der Waals surface area contributed by atoms with E-state index in [0.29, 0.717) is 37.0 Å². The van der Waals surface area contributed by atoms with Crippen LogP contribution in [0.3, 0.4) is 0 Å². The van der Waals surface area contributed by atoms with E-state index in [4.69, 9.17) is 31.2 Å². The summed E-state index contributed by atoms with van der Waals surface area (Å²) in [5, 5.41) is 4.04. The third-order valence-corrected chi connectivity index (χ3v) is 6.00. The minimum absolute atomic E-state index is 0.0520. The lowest BCUT2D eigenvalue weighted by Gasteiger charge is -2.34. The number of rotatable bonds is 9. The number of carbonyl (C=O) groups excluding carboxylic acids is 1. The number of nitrogens with zero attached hydrogens (tertiary/aromatic N) is 1. The molecule has 178 valence electrons. The fourth-order valence-corrected chi connectivity index (χ4v) is 4.08. The molecule has 1 N–H and O–H groups in total. The van der Waals surface area contributed by atoms with E-state index in [1.807, 2.05) is 37.3 Å². The third kappa shape index (κ3) is 6.82. The fourth-order valence-electron chi connectivity index (χ4n) is 3.81. The van der Waals surface area contributed by atoms with Gasteiger partial charge in [-0.3, -0.25) is 4.79 Å². The highest BCUT2D eigenvalue weighted by Gasteiger charge is 2.23. The monoisotopic (exact) mass is 472 g/mol. The molecule has 3 rings (SSSR count). The first kappa shape index (κ1) is 24.8. The molecule has 8 heteroatoms. The van der Waals surface area contributed by atoms with Crippen molar-refractivity contribution in [1.29, 1.82) is 0 Å². The SMILES string of the molecule is COc1ccc(OC)c(CCNC(=S)N2CCOC(COc3ccc(C(C)=O)c(C)c3)C2)c1. The summed E-state index contributed by atoms with van der Waals surface area (Å²) < 4.78 is 22.5. The van der Waals surface area contributed by atoms with Gasteiger partial charge in [0.15, 0.2) is 10.9 Å². The van der Waals surface area contributed by atoms with Crippen LogP contribution in [0.1, 0.15) is 28.4 Å². The van der Waals surface area contributed by atoms with Gasteiger partial charge in [-0.1, -0.05) is 0 Å². The number of ketones is 1. The Morgan fingerprint density at radius 2 is 1.97 bits per heavy atom. The molecular formula is C25H32N2O5S. The van der Waals surface area contributed by atoms with Crippen molar-refractivity contribution in [3.05, 3.63) is 53.1 Å². The Bertz CT molecular complexity index is 981. The molecule has 1 atom stereocenters. The van der Waals surface area contributed by atoms with Gasteiger partial charge in [-0.2, -0.15) is 0 Å². The average Bonchev–Trinajstić information content (AvgIpc) is 2.82. The van der Waals surface area contributed by atoms with E-state index < -0.39 is 0 Å². The van der Waals surface area contributed by atoms with Gasteiger partial charge in [0.1, 0.15) is 30.0 Å². The van der Waals surface area contributed by atoms with Crippen molar-refractivity contribution in [2.45, 2.75) is 26.4 Å². The molecule has 0 amide bonds. The quantitative estimate of drug-likeness (QED) is 0.440. The Morgan fingerprint density at radius 1 is 1.18 bits per heavy atom. The lowest BCUT2D eigenvalue weighted by molar-refractivity contribution is -0.0288. The van der Waals surface area contributed by atoms with Crippen molar-refractivity contribution in [1.82, 2.24) is 10.2 Å². The summed E-state index contributed by atoms with van der Waals surface area (Å²) in [6.45, 7) is 6.55. The lowest BCUT2D eigenvalue weighted by Crippen LogP contribution is -2.51. The van der Waals surface area contributed by atoms with E-state index in [0.717, 1.165) is 41.3 Å². The smallest absolute Gasteiger partial charge is 0.169 e. The highest BCUT2D eigenvalue weighted by atomic mass is 32.1. The Balaban J connectivity index is 1.47. The Hall–Kier alpha value is -2.84. The molecule has 0 spiro atoms. The van der Waals surface area contributed by atoms with Crippen LogP contribution in [-0.2, 0) is 11.2 Å². The number of carbonyl (C=O) groups is 1. The first-order valence-electron chi connectivity index (χ1n) is 11.0. The van der Waals surface area contributed by atoms with Crippen LogP contribution in [0.5, 0.6) is 17.2 Å². The van der Waals surface area contributed by atoms with Crippen LogP contribution in [0.25, 0.3) is 0 Å². The van der Waals surface area contributed by atoms with Crippen molar-refractivity contribution >= 4 is 23.1 Å². The molecule has 0 radical (unpaired) electrons. The number of aryl methyl sites for hydroxylation is 1. The number of ether oxygens (including phenoxy) is 4. The van der Waals surface area contributed by atoms with Crippen molar-refractivity contribution < 1.29 is 23.7 Å². The minimum atomic E-state index is -0.0928. The van der Waals surface area contributed by atoms with Gasteiger partial charge < -0.3 is 29.2 Å². The molecule has 1 unspecified atom stereocenters. The van der Waals surface area contributed by atoms with Crippen LogP contribution < -0.4 is 19.5 Å². The number of morpholine rings is 1. The van der Waals surface area contributed by atoms with Gasteiger partial charge >= 0.3 is 0 Å². The first-order valence-corrected chi connectivity index (χ1v) is 11.4. The summed E-state index contributed by atoms with van der Waals surface area (Å²) in [5.41, 5.74) is 2.68. The summed E-state index contributed by atoms with van der Waals surface area (Å²) in [6, 6.07) is 11.3. The fraction of sp³-hybridized carbons (Fsp3) is 0.440. The van der Waals surface area contributed by atoms with E-state index >= 15 is 0 Å². The zero-order valence-electron chi connectivity index (χ0n) is 19.7. The molecule has 33 heavy (non-hydrogen) atoms. The Kier molecular flexibility index (Phi) is 8.91. The van der Waals surface area contributed by atoms with Crippen LogP contribution in [0.15, 0.2) is 36.4 Å². The molecular weight excluding hydrogens is 440 g/mol. The largest absolute Gasteiger partial charge is 0.497 e. The maximum absolute atomic E-state index is 11.6. The number of hydrogen-bond donors (Lipinski definition) is 1. The zero-order chi connectivity index (χ0) is 23.8. The van der Waals surface area contributed by atoms with Gasteiger partial charge in [0, 0.05) is 25.2 Å². The maximum Gasteiger partial charge on any atom is 0.169 e. The lowest BCUT2D eigenvalue weighted by atomic mass is 10.1. The molecule has 0 bridgehead atoms. The summed E-state index contributed by atoms with van der Waals surface area (Å²) in [5.74, 6) is 2.41. The van der Waals surface area contributed by atoms with E-state index in [2.05, 4.69) is 10.2 Å². The molecule has 1 heterocycles. The molecule has 1 fully saturated rings. The second-order valence-electron chi connectivity index (χ2n) is 7.94. The number of Topliss-reactive ketones (excluding diaryl/α,β-unsaturated/α-hetero) is 1. The Labute approximate surface area is 201 Å². The van der Waals surface area contributed by atoms with E-state index in [1.54, 1.807) is 27.2 Å². The highest BCUT2D eigenvalue weighted by molar-refractivity contribution is 7.80. The molecule has 2 aromatic rings. The number of nitrogens with one attached hydrogen (secondary N) is 1. The van der Waals surface area contributed by atoms with Crippen LogP contribution >= 0.6 is 12.2 Å². The summed E-state index contributed by atoms with van der Waals surface area (Å²) in [7, 11) is 3.32. The van der Waals surface area contributed by atoms with Gasteiger partial charge in [-0.05, 0) is 80.0 Å². The third-order valence-electron chi connectivity index (χ3n) is 5.60. The molecule has 1 aliphatic heterocycles. The number of thiocarbonyl (C=S) groups is 1. The van der Waals surface area contributed by atoms with E-state index in [1.165, 1.54) is 0 Å². The average molecular weight is 473 g/mol. The highest BCUT2D eigenvalue weighted by Crippen LogP contribution is 2.24. The zero-order valence-corrected chi connectivity index (χ0v) is 20.5. The number of hydrogen-bond acceptors (Lipinski definition) is 6. The van der Waals surface area contributed by atoms with Crippen LogP contribution in [0.2, 0.25) is 0 Å². The second-order valence-corrected chi connectivity index (χ2v) is 8.33. The van der Waals surface area contributed by atoms with Crippen molar-refractivity contribution in [2.24, 2.45) is 0 Å². The number of benzene rings is 2. The topological polar surface area (TPSA) is 69.3 Å². The van der Waals surface area contributed by atoms with Crippen LogP contribution in [0.4, 0.5) is 0 Å². The van der Waals surface area contributed by atoms with Gasteiger partial charge in [0.25, 0.3) is 0 Å². The summed E-state index contributed by atoms with van der Waals surface area (Å²) in [4.78, 5) is 13.7. The molecule has 0 aromatic heterocycles. The molecule has 2 aromatic carbocycles. The Morgan fingerprint density at radius 3 is 2.67 bits per heavy atom.